The minimum Gasteiger partial charge on any atom is -0.491 e. The van der Waals surface area contributed by atoms with Crippen LogP contribution in [0.5, 0.6) is 5.75 Å². The molecule has 42 heavy (non-hydrogen) atoms. The molecule has 4 nitrogen and oxygen atoms in total. The number of fused-ring (bicyclic) bond motifs is 1. The fourth-order valence-corrected chi connectivity index (χ4v) is 6.50. The Kier molecular flexibility index (Phi) is 10.5. The smallest absolute Gasteiger partial charge is 0.249 e. The van der Waals surface area contributed by atoms with E-state index in [1.807, 2.05) is 44.2 Å². The van der Waals surface area contributed by atoms with E-state index in [9.17, 15) is 4.79 Å². The number of anilines is 1. The second kappa shape index (κ2) is 13.9. The van der Waals surface area contributed by atoms with Crippen molar-refractivity contribution >= 4 is 23.2 Å². The highest BCUT2D eigenvalue weighted by Crippen LogP contribution is 2.50. The first-order valence-electron chi connectivity index (χ1n) is 15.3. The topological polar surface area (TPSA) is 64.3 Å². The number of carbonyl (C=O) groups excluding carboxylic acids is 1. The van der Waals surface area contributed by atoms with Gasteiger partial charge in [0, 0.05) is 23.2 Å². The Balaban J connectivity index is 0.000000385. The monoisotopic (exact) mass is 596 g/mol. The number of halogens is 3. The molecule has 0 unspecified atom stereocenters. The van der Waals surface area contributed by atoms with Gasteiger partial charge in [-0.25, -0.2) is 8.78 Å². The molecule has 1 aliphatic carbocycles. The van der Waals surface area contributed by atoms with Gasteiger partial charge in [-0.15, -0.1) is 0 Å². The summed E-state index contributed by atoms with van der Waals surface area (Å²) in [5, 5.41) is 3.18. The second-order valence-corrected chi connectivity index (χ2v) is 12.1. The third kappa shape index (κ3) is 6.59. The second-order valence-electron chi connectivity index (χ2n) is 11.7. The van der Waals surface area contributed by atoms with Crippen LogP contribution in [0.15, 0.2) is 48.5 Å². The first kappa shape index (κ1) is 31.8. The number of nitrogens with one attached hydrogen (secondary N) is 1. The van der Waals surface area contributed by atoms with Crippen molar-refractivity contribution in [3.63, 3.8) is 0 Å². The summed E-state index contributed by atoms with van der Waals surface area (Å²) in [6.45, 7) is 8.91. The van der Waals surface area contributed by atoms with Crippen molar-refractivity contribution in [1.82, 2.24) is 0 Å². The number of hydrogen-bond donors (Lipinski definition) is 2. The summed E-state index contributed by atoms with van der Waals surface area (Å²) in [6.07, 6.45) is 9.16. The van der Waals surface area contributed by atoms with E-state index in [1.165, 1.54) is 50.3 Å². The number of nitrogens with two attached hydrogens (primary N) is 1. The van der Waals surface area contributed by atoms with E-state index in [-0.39, 0.29) is 34.1 Å². The van der Waals surface area contributed by atoms with E-state index in [0.29, 0.717) is 30.5 Å². The van der Waals surface area contributed by atoms with Gasteiger partial charge in [-0.05, 0) is 54.0 Å². The predicted molar refractivity (Wildman–Crippen MR) is 168 cm³/mol. The third-order valence-electron chi connectivity index (χ3n) is 8.91. The molecule has 7 heteroatoms. The summed E-state index contributed by atoms with van der Waals surface area (Å²) in [4.78, 5) is 12.2. The maximum atomic E-state index is 15.7. The summed E-state index contributed by atoms with van der Waals surface area (Å²) in [5.41, 5.74) is 7.09. The summed E-state index contributed by atoms with van der Waals surface area (Å²) in [5.74, 6) is -0.290. The van der Waals surface area contributed by atoms with E-state index < -0.39 is 23.1 Å². The molecular weight excluding hydrogens is 554 g/mol. The summed E-state index contributed by atoms with van der Waals surface area (Å²) < 4.78 is 36.3. The molecule has 2 aliphatic rings. The molecule has 226 valence electrons. The van der Waals surface area contributed by atoms with Crippen molar-refractivity contribution in [2.75, 3.05) is 11.9 Å². The van der Waals surface area contributed by atoms with Crippen LogP contribution in [-0.2, 0) is 12.0 Å². The molecule has 0 saturated heterocycles. The van der Waals surface area contributed by atoms with Gasteiger partial charge in [-0.2, -0.15) is 0 Å². The van der Waals surface area contributed by atoms with Crippen LogP contribution in [0.1, 0.15) is 94.1 Å². The van der Waals surface area contributed by atoms with Gasteiger partial charge < -0.3 is 15.8 Å². The first-order chi connectivity index (χ1) is 20.2. The van der Waals surface area contributed by atoms with Crippen LogP contribution in [0, 0.1) is 23.5 Å². The van der Waals surface area contributed by atoms with Crippen molar-refractivity contribution in [3.8, 4) is 16.9 Å². The maximum Gasteiger partial charge on any atom is 0.249 e. The fraction of sp³-hybridized carbons (Fsp3) is 0.457. The molecule has 0 bridgehead atoms. The summed E-state index contributed by atoms with van der Waals surface area (Å²) in [6, 6.07) is 13.9. The zero-order valence-electron chi connectivity index (χ0n) is 25.2. The van der Waals surface area contributed by atoms with Crippen LogP contribution in [0.4, 0.5) is 14.5 Å². The number of hydrogen-bond acceptors (Lipinski definition) is 3. The van der Waals surface area contributed by atoms with Gasteiger partial charge in [0.05, 0.1) is 22.7 Å². The van der Waals surface area contributed by atoms with Crippen LogP contribution in [0.25, 0.3) is 11.1 Å². The average molecular weight is 597 g/mol. The molecule has 3 N–H and O–H groups in total. The standard InChI is InChI=1S/C26H25ClF2N2O2.C9H18/c1-3-12-33-20-11-10-16(25(30)32)22(24(20)29)21-17-14-26(4-2,15-8-6-5-7-9-15)31-19(17)13-18(28)23(21)27;1-3-9-6-4-8(2)5-7-9/h5-11,13,31H,3-4,12,14H2,1-2H3,(H2,30,32);8-9H,3-7H2,1-2H3/t26-;/m0./s1. The molecule has 0 spiro atoms. The Morgan fingerprint density at radius 3 is 2.33 bits per heavy atom. The largest absolute Gasteiger partial charge is 0.491 e. The normalized spacial score (nSPS) is 21.1. The minimum atomic E-state index is -0.837. The molecule has 1 saturated carbocycles. The van der Waals surface area contributed by atoms with Crippen LogP contribution >= 0.6 is 11.6 Å². The summed E-state index contributed by atoms with van der Waals surface area (Å²) in [7, 11) is 0. The van der Waals surface area contributed by atoms with Crippen molar-refractivity contribution in [2.45, 2.75) is 84.6 Å². The summed E-state index contributed by atoms with van der Waals surface area (Å²) >= 11 is 6.44. The van der Waals surface area contributed by atoms with Crippen LogP contribution in [0.2, 0.25) is 5.02 Å². The number of ether oxygens (including phenoxy) is 1. The third-order valence-corrected chi connectivity index (χ3v) is 9.28. The molecule has 5 rings (SSSR count). The Bertz CT molecular complexity index is 1390. The zero-order valence-corrected chi connectivity index (χ0v) is 25.9. The lowest BCUT2D eigenvalue weighted by Gasteiger charge is -2.29. The van der Waals surface area contributed by atoms with Crippen LogP contribution in [-0.4, -0.2) is 12.5 Å². The van der Waals surface area contributed by atoms with E-state index in [4.69, 9.17) is 22.1 Å². The molecular formula is C35H43ClF2N2O2. The average Bonchev–Trinajstić information content (AvgIpc) is 3.38. The van der Waals surface area contributed by atoms with E-state index in [1.54, 1.807) is 0 Å². The Labute approximate surface area is 254 Å². The molecule has 1 amide bonds. The minimum absolute atomic E-state index is 0.0401. The zero-order chi connectivity index (χ0) is 30.4. The Hall–Kier alpha value is -3.12. The molecule has 3 aromatic rings. The number of benzene rings is 3. The van der Waals surface area contributed by atoms with Crippen molar-refractivity contribution in [1.29, 1.82) is 0 Å². The fourth-order valence-electron chi connectivity index (χ4n) is 6.24. The molecule has 0 aromatic heterocycles. The van der Waals surface area contributed by atoms with Crippen LogP contribution < -0.4 is 15.8 Å². The highest BCUT2D eigenvalue weighted by Gasteiger charge is 2.40. The SMILES string of the molecule is CCC1CCC(C)CC1.CCCOc1ccc(C(N)=O)c(-c2c(Cl)c(F)cc3c2C[C@@](CC)(c2ccccc2)N3)c1F. The lowest BCUT2D eigenvalue weighted by Crippen LogP contribution is -2.32. The van der Waals surface area contributed by atoms with Gasteiger partial charge >= 0.3 is 0 Å². The Morgan fingerprint density at radius 1 is 1.05 bits per heavy atom. The van der Waals surface area contributed by atoms with E-state index >= 15 is 8.78 Å². The van der Waals surface area contributed by atoms with Gasteiger partial charge in [0.2, 0.25) is 5.91 Å². The van der Waals surface area contributed by atoms with Gasteiger partial charge in [0.25, 0.3) is 0 Å². The van der Waals surface area contributed by atoms with Crippen molar-refractivity contribution < 1.29 is 18.3 Å². The van der Waals surface area contributed by atoms with Gasteiger partial charge in [0.1, 0.15) is 5.82 Å². The number of rotatable bonds is 8. The molecule has 1 aliphatic heterocycles. The molecule has 1 fully saturated rings. The number of carbonyl (C=O) groups is 1. The molecule has 1 atom stereocenters. The Morgan fingerprint density at radius 2 is 1.74 bits per heavy atom. The molecule has 3 aromatic carbocycles. The maximum absolute atomic E-state index is 15.7. The highest BCUT2D eigenvalue weighted by molar-refractivity contribution is 6.34. The lowest BCUT2D eigenvalue weighted by molar-refractivity contribution is 0.100. The van der Waals surface area contributed by atoms with Gasteiger partial charge in [0.15, 0.2) is 11.6 Å². The van der Waals surface area contributed by atoms with Gasteiger partial charge in [-0.3, -0.25) is 4.79 Å². The molecule has 0 radical (unpaired) electrons. The van der Waals surface area contributed by atoms with Gasteiger partial charge in [-0.1, -0.05) is 102 Å². The first-order valence-corrected chi connectivity index (χ1v) is 15.6. The quantitative estimate of drug-likeness (QED) is 0.272. The molecule has 1 heterocycles. The van der Waals surface area contributed by atoms with Crippen molar-refractivity contribution in [2.24, 2.45) is 17.6 Å². The lowest BCUT2D eigenvalue weighted by atomic mass is 9.82. The van der Waals surface area contributed by atoms with E-state index in [0.717, 1.165) is 17.4 Å². The predicted octanol–water partition coefficient (Wildman–Crippen LogP) is 9.67. The number of amides is 1. The number of primary amides is 1. The van der Waals surface area contributed by atoms with E-state index in [2.05, 4.69) is 19.2 Å². The van der Waals surface area contributed by atoms with Crippen molar-refractivity contribution in [3.05, 3.63) is 81.9 Å². The highest BCUT2D eigenvalue weighted by atomic mass is 35.5. The van der Waals surface area contributed by atoms with Crippen LogP contribution in [0.3, 0.4) is 0 Å².